The van der Waals surface area contributed by atoms with Gasteiger partial charge in [0.15, 0.2) is 6.29 Å². The van der Waals surface area contributed by atoms with Crippen LogP contribution in [0, 0.1) is 6.92 Å². The van der Waals surface area contributed by atoms with Gasteiger partial charge in [0.1, 0.15) is 0 Å². The van der Waals surface area contributed by atoms with Crippen LogP contribution < -0.4 is 0 Å². The number of ether oxygens (including phenoxy) is 1. The summed E-state index contributed by atoms with van der Waals surface area (Å²) in [6.07, 6.45) is 0.142. The van der Waals surface area contributed by atoms with Gasteiger partial charge in [-0.2, -0.15) is 0 Å². The highest BCUT2D eigenvalue weighted by atomic mass is 16.6. The summed E-state index contributed by atoms with van der Waals surface area (Å²) in [4.78, 5) is 0. The first-order valence-corrected chi connectivity index (χ1v) is 4.60. The standard InChI is InChI=1S/C11H16O2/c1-3-8-13-11(12)10-6-4-9(2)5-7-10/h4-7,11-12H,3,8H2,1-2H3. The van der Waals surface area contributed by atoms with Crippen LogP contribution >= 0.6 is 0 Å². The summed E-state index contributed by atoms with van der Waals surface area (Å²) >= 11 is 0. The van der Waals surface area contributed by atoms with E-state index < -0.39 is 6.29 Å². The third kappa shape index (κ3) is 3.17. The Labute approximate surface area is 79.2 Å². The van der Waals surface area contributed by atoms with Crippen LogP contribution in [0.5, 0.6) is 0 Å². The third-order valence-corrected chi connectivity index (χ3v) is 1.84. The minimum Gasteiger partial charge on any atom is -0.364 e. The van der Waals surface area contributed by atoms with Gasteiger partial charge in [0.25, 0.3) is 0 Å². The zero-order valence-corrected chi connectivity index (χ0v) is 8.16. The molecule has 0 aliphatic heterocycles. The van der Waals surface area contributed by atoms with Crippen molar-refractivity contribution in [2.24, 2.45) is 0 Å². The van der Waals surface area contributed by atoms with E-state index in [-0.39, 0.29) is 0 Å². The molecule has 2 heteroatoms. The molecule has 0 aliphatic carbocycles. The Hall–Kier alpha value is -0.860. The van der Waals surface area contributed by atoms with Gasteiger partial charge in [-0.3, -0.25) is 0 Å². The van der Waals surface area contributed by atoms with Crippen LogP contribution in [0.15, 0.2) is 24.3 Å². The number of hydrogen-bond donors (Lipinski definition) is 1. The first-order chi connectivity index (χ1) is 6.24. The number of benzene rings is 1. The number of aliphatic hydroxyl groups excluding tert-OH is 1. The minimum atomic E-state index is -0.777. The second-order valence-electron chi connectivity index (χ2n) is 3.13. The van der Waals surface area contributed by atoms with Crippen LogP contribution in [0.3, 0.4) is 0 Å². The van der Waals surface area contributed by atoms with Crippen LogP contribution in [0.2, 0.25) is 0 Å². The van der Waals surface area contributed by atoms with E-state index in [2.05, 4.69) is 0 Å². The molecule has 0 bridgehead atoms. The van der Waals surface area contributed by atoms with E-state index in [1.54, 1.807) is 0 Å². The number of aryl methyl sites for hydroxylation is 1. The van der Waals surface area contributed by atoms with Crippen LogP contribution in [0.25, 0.3) is 0 Å². The predicted octanol–water partition coefficient (Wildman–Crippen LogP) is 2.41. The maximum atomic E-state index is 9.52. The molecule has 1 atom stereocenters. The molecule has 0 fully saturated rings. The van der Waals surface area contributed by atoms with Gasteiger partial charge in [0.2, 0.25) is 0 Å². The van der Waals surface area contributed by atoms with Crippen LogP contribution in [0.4, 0.5) is 0 Å². The third-order valence-electron chi connectivity index (χ3n) is 1.84. The zero-order valence-electron chi connectivity index (χ0n) is 8.16. The van der Waals surface area contributed by atoms with E-state index in [9.17, 15) is 5.11 Å². The largest absolute Gasteiger partial charge is 0.364 e. The molecule has 0 saturated carbocycles. The van der Waals surface area contributed by atoms with Gasteiger partial charge in [0, 0.05) is 12.2 Å². The van der Waals surface area contributed by atoms with Crippen molar-refractivity contribution in [1.82, 2.24) is 0 Å². The maximum absolute atomic E-state index is 9.52. The molecule has 1 unspecified atom stereocenters. The number of hydrogen-bond acceptors (Lipinski definition) is 2. The Balaban J connectivity index is 2.55. The van der Waals surface area contributed by atoms with Gasteiger partial charge in [0.05, 0.1) is 0 Å². The topological polar surface area (TPSA) is 29.5 Å². The molecule has 0 amide bonds. The van der Waals surface area contributed by atoms with Crippen molar-refractivity contribution in [3.05, 3.63) is 35.4 Å². The molecule has 0 aromatic heterocycles. The molecule has 0 heterocycles. The Morgan fingerprint density at radius 1 is 1.31 bits per heavy atom. The molecule has 72 valence electrons. The van der Waals surface area contributed by atoms with Gasteiger partial charge in [-0.1, -0.05) is 36.8 Å². The molecule has 13 heavy (non-hydrogen) atoms. The van der Waals surface area contributed by atoms with E-state index in [1.165, 1.54) is 5.56 Å². The lowest BCUT2D eigenvalue weighted by molar-refractivity contribution is -0.102. The Morgan fingerprint density at radius 2 is 1.92 bits per heavy atom. The molecule has 1 N–H and O–H groups in total. The van der Waals surface area contributed by atoms with Gasteiger partial charge in [-0.25, -0.2) is 0 Å². The van der Waals surface area contributed by atoms with Gasteiger partial charge in [-0.05, 0) is 13.3 Å². The molecular weight excluding hydrogens is 164 g/mol. The van der Waals surface area contributed by atoms with Crippen LogP contribution in [-0.4, -0.2) is 11.7 Å². The molecule has 2 nitrogen and oxygen atoms in total. The molecule has 0 saturated heterocycles. The highest BCUT2D eigenvalue weighted by Gasteiger charge is 2.05. The lowest BCUT2D eigenvalue weighted by Gasteiger charge is -2.11. The van der Waals surface area contributed by atoms with E-state index in [4.69, 9.17) is 4.74 Å². The molecule has 1 aromatic carbocycles. The van der Waals surface area contributed by atoms with Crippen LogP contribution in [-0.2, 0) is 4.74 Å². The van der Waals surface area contributed by atoms with E-state index in [0.29, 0.717) is 6.61 Å². The molecule has 1 rings (SSSR count). The van der Waals surface area contributed by atoms with Gasteiger partial charge >= 0.3 is 0 Å². The van der Waals surface area contributed by atoms with Crippen LogP contribution in [0.1, 0.15) is 30.8 Å². The molecule has 0 aliphatic rings. The average molecular weight is 180 g/mol. The second kappa shape index (κ2) is 5.00. The maximum Gasteiger partial charge on any atom is 0.181 e. The summed E-state index contributed by atoms with van der Waals surface area (Å²) in [6.45, 7) is 4.62. The highest BCUT2D eigenvalue weighted by molar-refractivity contribution is 5.21. The lowest BCUT2D eigenvalue weighted by Crippen LogP contribution is -2.03. The van der Waals surface area contributed by atoms with Crippen molar-refractivity contribution < 1.29 is 9.84 Å². The first kappa shape index (κ1) is 10.2. The fourth-order valence-corrected chi connectivity index (χ4v) is 1.06. The first-order valence-electron chi connectivity index (χ1n) is 4.60. The summed E-state index contributed by atoms with van der Waals surface area (Å²) in [6, 6.07) is 7.70. The number of aliphatic hydroxyl groups is 1. The quantitative estimate of drug-likeness (QED) is 0.721. The summed E-state index contributed by atoms with van der Waals surface area (Å²) in [5.41, 5.74) is 2.01. The summed E-state index contributed by atoms with van der Waals surface area (Å²) < 4.78 is 5.17. The minimum absolute atomic E-state index is 0.592. The highest BCUT2D eigenvalue weighted by Crippen LogP contribution is 2.14. The van der Waals surface area contributed by atoms with E-state index in [1.807, 2.05) is 38.1 Å². The molecular formula is C11H16O2. The normalized spacial score (nSPS) is 12.8. The van der Waals surface area contributed by atoms with Crippen molar-refractivity contribution in [2.45, 2.75) is 26.6 Å². The monoisotopic (exact) mass is 180 g/mol. The van der Waals surface area contributed by atoms with Crippen molar-refractivity contribution in [3.8, 4) is 0 Å². The summed E-state index contributed by atoms with van der Waals surface area (Å²) in [7, 11) is 0. The smallest absolute Gasteiger partial charge is 0.181 e. The van der Waals surface area contributed by atoms with Crippen molar-refractivity contribution in [3.63, 3.8) is 0 Å². The Morgan fingerprint density at radius 3 is 2.46 bits per heavy atom. The number of rotatable bonds is 4. The molecule has 0 spiro atoms. The lowest BCUT2D eigenvalue weighted by atomic mass is 10.1. The van der Waals surface area contributed by atoms with Gasteiger partial charge in [-0.15, -0.1) is 0 Å². The summed E-state index contributed by atoms with van der Waals surface area (Å²) in [5, 5.41) is 9.52. The summed E-state index contributed by atoms with van der Waals surface area (Å²) in [5.74, 6) is 0. The second-order valence-corrected chi connectivity index (χ2v) is 3.13. The van der Waals surface area contributed by atoms with Crippen molar-refractivity contribution in [1.29, 1.82) is 0 Å². The zero-order chi connectivity index (χ0) is 9.68. The van der Waals surface area contributed by atoms with Gasteiger partial charge < -0.3 is 9.84 Å². The SMILES string of the molecule is CCCOC(O)c1ccc(C)cc1. The van der Waals surface area contributed by atoms with E-state index in [0.717, 1.165) is 12.0 Å². The van der Waals surface area contributed by atoms with Crippen molar-refractivity contribution in [2.75, 3.05) is 6.61 Å². The molecule has 1 aromatic rings. The Kier molecular flexibility index (Phi) is 3.93. The molecule has 0 radical (unpaired) electrons. The van der Waals surface area contributed by atoms with Crippen molar-refractivity contribution >= 4 is 0 Å². The van der Waals surface area contributed by atoms with E-state index >= 15 is 0 Å². The fraction of sp³-hybridized carbons (Fsp3) is 0.455. The fourth-order valence-electron chi connectivity index (χ4n) is 1.06. The predicted molar refractivity (Wildman–Crippen MR) is 52.4 cm³/mol. The Bertz CT molecular complexity index is 241. The average Bonchev–Trinajstić information content (AvgIpc) is 2.15.